The van der Waals surface area contributed by atoms with Crippen LogP contribution in [0.25, 0.3) is 11.1 Å². The van der Waals surface area contributed by atoms with E-state index in [1.54, 1.807) is 0 Å². The summed E-state index contributed by atoms with van der Waals surface area (Å²) in [6.07, 6.45) is 1.01. The van der Waals surface area contributed by atoms with Gasteiger partial charge in [-0.3, -0.25) is 4.79 Å². The summed E-state index contributed by atoms with van der Waals surface area (Å²) in [6, 6.07) is 23.3. The summed E-state index contributed by atoms with van der Waals surface area (Å²) in [5, 5.41) is 12.7. The Labute approximate surface area is 205 Å². The van der Waals surface area contributed by atoms with Crippen molar-refractivity contribution < 1.29 is 23.8 Å². The molecule has 1 atom stereocenters. The van der Waals surface area contributed by atoms with Gasteiger partial charge in [0.15, 0.2) is 0 Å². The van der Waals surface area contributed by atoms with Crippen LogP contribution in [-0.4, -0.2) is 23.6 Å². The first-order valence-corrected chi connectivity index (χ1v) is 12.0. The summed E-state index contributed by atoms with van der Waals surface area (Å²) in [7, 11) is 0. The van der Waals surface area contributed by atoms with Gasteiger partial charge in [-0.25, -0.2) is 9.18 Å². The molecule has 0 saturated heterocycles. The Morgan fingerprint density at radius 2 is 1.74 bits per heavy atom. The van der Waals surface area contributed by atoms with E-state index in [2.05, 4.69) is 17.4 Å². The molecule has 0 fully saturated rings. The fourth-order valence-electron chi connectivity index (χ4n) is 4.33. The molecule has 1 aliphatic heterocycles. The van der Waals surface area contributed by atoms with E-state index in [4.69, 9.17) is 4.74 Å². The van der Waals surface area contributed by atoms with Gasteiger partial charge in [-0.2, -0.15) is 0 Å². The number of fused-ring (bicyclic) bond motifs is 1. The molecule has 7 heteroatoms. The number of halogens is 1. The van der Waals surface area contributed by atoms with E-state index in [0.29, 0.717) is 23.4 Å². The SMILES string of the molecule is O=C1C[C@@H](c2ccc(OCCc3ccccc3)cc2)c2sc(C(=O)O)c(-c3ccc(F)cc3)c2N1. The quantitative estimate of drug-likeness (QED) is 0.319. The minimum absolute atomic E-state index is 0.120. The third-order valence-electron chi connectivity index (χ3n) is 6.02. The standard InChI is InChI=1S/C28H22FNO4S/c29-20-10-6-19(7-11-20)24-25-26(35-27(24)28(32)33)22(16-23(31)30-25)18-8-12-21(13-9-18)34-15-14-17-4-2-1-3-5-17/h1-13,22H,14-16H2,(H,30,31)(H,32,33)/t22-/m0/s1. The van der Waals surface area contributed by atoms with Crippen molar-refractivity contribution in [2.45, 2.75) is 18.8 Å². The predicted molar refractivity (Wildman–Crippen MR) is 134 cm³/mol. The number of carbonyl (C=O) groups excluding carboxylic acids is 1. The average molecular weight is 488 g/mol. The van der Waals surface area contributed by atoms with Crippen LogP contribution in [0.1, 0.15) is 38.0 Å². The van der Waals surface area contributed by atoms with Gasteiger partial charge < -0.3 is 15.2 Å². The molecular formula is C28H22FNO4S. The van der Waals surface area contributed by atoms with Crippen LogP contribution in [-0.2, 0) is 11.2 Å². The molecular weight excluding hydrogens is 465 g/mol. The molecule has 2 N–H and O–H groups in total. The number of anilines is 1. The molecule has 0 spiro atoms. The molecule has 0 aliphatic carbocycles. The lowest BCUT2D eigenvalue weighted by Gasteiger charge is -2.24. The minimum atomic E-state index is -1.08. The summed E-state index contributed by atoms with van der Waals surface area (Å²) in [6.45, 7) is 0.549. The Kier molecular flexibility index (Phi) is 6.33. The van der Waals surface area contributed by atoms with E-state index < -0.39 is 11.8 Å². The summed E-state index contributed by atoms with van der Waals surface area (Å²) in [5.41, 5.74) is 3.55. The highest BCUT2D eigenvalue weighted by Gasteiger charge is 2.34. The van der Waals surface area contributed by atoms with Crippen LogP contribution in [0.5, 0.6) is 5.75 Å². The highest BCUT2D eigenvalue weighted by molar-refractivity contribution is 7.15. The largest absolute Gasteiger partial charge is 0.493 e. The van der Waals surface area contributed by atoms with Gasteiger partial charge in [-0.05, 0) is 41.0 Å². The number of aromatic carboxylic acids is 1. The zero-order valence-electron chi connectivity index (χ0n) is 18.7. The maximum Gasteiger partial charge on any atom is 0.346 e. The number of carboxylic acids is 1. The maximum absolute atomic E-state index is 13.5. The zero-order valence-corrected chi connectivity index (χ0v) is 19.5. The minimum Gasteiger partial charge on any atom is -0.493 e. The molecule has 5 rings (SSSR count). The first-order valence-electron chi connectivity index (χ1n) is 11.2. The molecule has 0 bridgehead atoms. The number of hydrogen-bond donors (Lipinski definition) is 2. The van der Waals surface area contributed by atoms with Crippen LogP contribution in [0.2, 0.25) is 0 Å². The summed E-state index contributed by atoms with van der Waals surface area (Å²) in [4.78, 5) is 25.6. The Morgan fingerprint density at radius 3 is 2.43 bits per heavy atom. The van der Waals surface area contributed by atoms with Crippen LogP contribution in [0.3, 0.4) is 0 Å². The van der Waals surface area contributed by atoms with Crippen LogP contribution >= 0.6 is 11.3 Å². The molecule has 0 saturated carbocycles. The lowest BCUT2D eigenvalue weighted by molar-refractivity contribution is -0.116. The Morgan fingerprint density at radius 1 is 1.03 bits per heavy atom. The first kappa shape index (κ1) is 22.8. The fourth-order valence-corrected chi connectivity index (χ4v) is 5.57. The van der Waals surface area contributed by atoms with Crippen LogP contribution < -0.4 is 10.1 Å². The van der Waals surface area contributed by atoms with E-state index >= 15 is 0 Å². The molecule has 1 amide bonds. The van der Waals surface area contributed by atoms with Crippen molar-refractivity contribution >= 4 is 28.9 Å². The van der Waals surface area contributed by atoms with Gasteiger partial charge in [0, 0.05) is 29.2 Å². The van der Waals surface area contributed by atoms with Crippen molar-refractivity contribution in [3.63, 3.8) is 0 Å². The number of benzene rings is 3. The summed E-state index contributed by atoms with van der Waals surface area (Å²) < 4.78 is 19.4. The van der Waals surface area contributed by atoms with E-state index in [0.717, 1.165) is 33.9 Å². The molecule has 1 aromatic heterocycles. The van der Waals surface area contributed by atoms with E-state index in [1.165, 1.54) is 29.8 Å². The average Bonchev–Trinajstić information content (AvgIpc) is 3.25. The molecule has 35 heavy (non-hydrogen) atoms. The number of carbonyl (C=O) groups is 2. The molecule has 0 unspecified atom stereocenters. The molecule has 4 aromatic rings. The van der Waals surface area contributed by atoms with Crippen LogP contribution in [0.4, 0.5) is 10.1 Å². The Bertz CT molecular complexity index is 1360. The van der Waals surface area contributed by atoms with Gasteiger partial charge in [-0.1, -0.05) is 54.6 Å². The molecule has 2 heterocycles. The van der Waals surface area contributed by atoms with E-state index in [-0.39, 0.29) is 23.1 Å². The third kappa shape index (κ3) is 4.81. The zero-order chi connectivity index (χ0) is 24.4. The van der Waals surface area contributed by atoms with Crippen molar-refractivity contribution in [3.05, 3.63) is 106 Å². The molecule has 1 aliphatic rings. The molecule has 176 valence electrons. The van der Waals surface area contributed by atoms with Crippen molar-refractivity contribution in [3.8, 4) is 16.9 Å². The number of ether oxygens (including phenoxy) is 1. The number of thiophene rings is 1. The monoisotopic (exact) mass is 487 g/mol. The van der Waals surface area contributed by atoms with Gasteiger partial charge in [-0.15, -0.1) is 11.3 Å². The molecule has 5 nitrogen and oxygen atoms in total. The highest BCUT2D eigenvalue weighted by Crippen LogP contribution is 2.49. The second-order valence-electron chi connectivity index (χ2n) is 8.32. The number of hydrogen-bond acceptors (Lipinski definition) is 4. The van der Waals surface area contributed by atoms with Crippen LogP contribution in [0.15, 0.2) is 78.9 Å². The smallest absolute Gasteiger partial charge is 0.346 e. The van der Waals surface area contributed by atoms with E-state index in [1.807, 2.05) is 42.5 Å². The molecule has 0 radical (unpaired) electrons. The van der Waals surface area contributed by atoms with Gasteiger partial charge in [0.05, 0.1) is 12.3 Å². The lowest BCUT2D eigenvalue weighted by Crippen LogP contribution is -2.22. The first-order chi connectivity index (χ1) is 17.0. The lowest BCUT2D eigenvalue weighted by atomic mass is 9.88. The maximum atomic E-state index is 13.5. The Hall–Kier alpha value is -3.97. The number of carboxylic acid groups (broad SMARTS) is 1. The molecule has 3 aromatic carbocycles. The highest BCUT2D eigenvalue weighted by atomic mass is 32.1. The fraction of sp³-hybridized carbons (Fsp3) is 0.143. The van der Waals surface area contributed by atoms with Gasteiger partial charge in [0.2, 0.25) is 5.91 Å². The number of rotatable bonds is 7. The van der Waals surface area contributed by atoms with Crippen molar-refractivity contribution in [2.75, 3.05) is 11.9 Å². The number of nitrogens with one attached hydrogen (secondary N) is 1. The van der Waals surface area contributed by atoms with Gasteiger partial charge in [0.25, 0.3) is 0 Å². The third-order valence-corrected chi connectivity index (χ3v) is 7.31. The van der Waals surface area contributed by atoms with Crippen molar-refractivity contribution in [1.82, 2.24) is 0 Å². The Balaban J connectivity index is 1.42. The van der Waals surface area contributed by atoms with Crippen molar-refractivity contribution in [1.29, 1.82) is 0 Å². The van der Waals surface area contributed by atoms with Gasteiger partial charge in [0.1, 0.15) is 16.4 Å². The number of amides is 1. The second kappa shape index (κ2) is 9.72. The second-order valence-corrected chi connectivity index (χ2v) is 9.37. The predicted octanol–water partition coefficient (Wildman–Crippen LogP) is 6.35. The van der Waals surface area contributed by atoms with Crippen LogP contribution in [0, 0.1) is 5.82 Å². The summed E-state index contributed by atoms with van der Waals surface area (Å²) >= 11 is 1.15. The van der Waals surface area contributed by atoms with E-state index in [9.17, 15) is 19.1 Å². The topological polar surface area (TPSA) is 75.6 Å². The normalized spacial score (nSPS) is 14.8. The van der Waals surface area contributed by atoms with Crippen molar-refractivity contribution in [2.24, 2.45) is 0 Å². The summed E-state index contributed by atoms with van der Waals surface area (Å²) in [5.74, 6) is -1.24. The van der Waals surface area contributed by atoms with Gasteiger partial charge >= 0.3 is 5.97 Å².